The molecule has 120 valence electrons. The summed E-state index contributed by atoms with van der Waals surface area (Å²) in [5.41, 5.74) is 1.60. The monoisotopic (exact) mass is 328 g/mol. The summed E-state index contributed by atoms with van der Waals surface area (Å²) < 4.78 is 0. The summed E-state index contributed by atoms with van der Waals surface area (Å²) in [7, 11) is 0. The zero-order valence-electron chi connectivity index (χ0n) is 13.1. The maximum atomic E-state index is 12.7. The van der Waals surface area contributed by atoms with Crippen LogP contribution in [0, 0.1) is 0 Å². The van der Waals surface area contributed by atoms with E-state index in [0.29, 0.717) is 25.2 Å². The zero-order chi connectivity index (χ0) is 16.7. The maximum Gasteiger partial charge on any atom is 0.254 e. The van der Waals surface area contributed by atoms with Gasteiger partial charge >= 0.3 is 0 Å². The molecule has 0 bridgehead atoms. The van der Waals surface area contributed by atoms with Crippen molar-refractivity contribution in [1.29, 1.82) is 0 Å². The summed E-state index contributed by atoms with van der Waals surface area (Å²) in [5, 5.41) is 4.74. The lowest BCUT2D eigenvalue weighted by Gasteiger charge is -2.20. The first kappa shape index (κ1) is 17.0. The largest absolute Gasteiger partial charge is 0.352 e. The third kappa shape index (κ3) is 5.07. The zero-order valence-corrected chi connectivity index (χ0v) is 13.9. The number of hydrogen-bond donors (Lipinski definition) is 1. The molecule has 0 aliphatic heterocycles. The quantitative estimate of drug-likeness (QED) is 0.794. The van der Waals surface area contributed by atoms with Crippen LogP contribution in [0.1, 0.15) is 27.7 Å². The molecular weight excluding hydrogens is 308 g/mol. The Labute approximate surface area is 140 Å². The smallest absolute Gasteiger partial charge is 0.254 e. The fraction of sp³-hybridized carbons (Fsp3) is 0.222. The molecule has 1 N–H and O–H groups in total. The third-order valence-corrected chi connectivity index (χ3v) is 4.17. The lowest BCUT2D eigenvalue weighted by atomic mass is 10.1. The number of hydrogen-bond acceptors (Lipinski definition) is 3. The van der Waals surface area contributed by atoms with Crippen molar-refractivity contribution in [2.75, 3.05) is 6.54 Å². The van der Waals surface area contributed by atoms with E-state index in [4.69, 9.17) is 0 Å². The fourth-order valence-electron chi connectivity index (χ4n) is 2.14. The van der Waals surface area contributed by atoms with Crippen molar-refractivity contribution in [2.45, 2.75) is 20.0 Å². The van der Waals surface area contributed by atoms with Gasteiger partial charge in [0.15, 0.2) is 0 Å². The van der Waals surface area contributed by atoms with Gasteiger partial charge in [0.1, 0.15) is 0 Å². The van der Waals surface area contributed by atoms with Crippen LogP contribution in [0.3, 0.4) is 0 Å². The summed E-state index contributed by atoms with van der Waals surface area (Å²) in [4.78, 5) is 26.5. The second-order valence-corrected chi connectivity index (χ2v) is 6.19. The second kappa shape index (κ2) is 8.29. The predicted octanol–water partition coefficient (Wildman–Crippen LogP) is 3.21. The van der Waals surface area contributed by atoms with E-state index >= 15 is 0 Å². The van der Waals surface area contributed by atoms with E-state index in [2.05, 4.69) is 11.9 Å². The SMILES string of the molecule is C=CCN(Cc1cccs1)C(=O)c1ccc(CNC(C)=O)cc1. The number of benzene rings is 1. The number of thiophene rings is 1. The van der Waals surface area contributed by atoms with Gasteiger partial charge in [0, 0.05) is 30.5 Å². The highest BCUT2D eigenvalue weighted by molar-refractivity contribution is 7.09. The van der Waals surface area contributed by atoms with Gasteiger partial charge < -0.3 is 10.2 Å². The van der Waals surface area contributed by atoms with Crippen LogP contribution in [0.4, 0.5) is 0 Å². The molecule has 0 saturated carbocycles. The molecule has 0 saturated heterocycles. The van der Waals surface area contributed by atoms with Crippen molar-refractivity contribution in [2.24, 2.45) is 0 Å². The van der Waals surface area contributed by atoms with Crippen LogP contribution in [-0.2, 0) is 17.9 Å². The first-order valence-corrected chi connectivity index (χ1v) is 8.24. The highest BCUT2D eigenvalue weighted by Crippen LogP contribution is 2.15. The molecule has 1 aromatic heterocycles. The van der Waals surface area contributed by atoms with E-state index in [1.807, 2.05) is 29.6 Å². The molecule has 23 heavy (non-hydrogen) atoms. The van der Waals surface area contributed by atoms with Gasteiger partial charge in [0.2, 0.25) is 5.91 Å². The Kier molecular flexibility index (Phi) is 6.11. The lowest BCUT2D eigenvalue weighted by molar-refractivity contribution is -0.119. The van der Waals surface area contributed by atoms with Crippen molar-refractivity contribution < 1.29 is 9.59 Å². The minimum atomic E-state index is -0.0711. The number of amides is 2. The summed E-state index contributed by atoms with van der Waals surface area (Å²) in [6, 6.07) is 11.3. The molecule has 5 heteroatoms. The number of carbonyl (C=O) groups is 2. The van der Waals surface area contributed by atoms with Crippen molar-refractivity contribution in [3.8, 4) is 0 Å². The minimum Gasteiger partial charge on any atom is -0.352 e. The topological polar surface area (TPSA) is 49.4 Å². The van der Waals surface area contributed by atoms with Crippen molar-refractivity contribution in [3.63, 3.8) is 0 Å². The Morgan fingerprint density at radius 2 is 2.00 bits per heavy atom. The molecule has 0 atom stereocenters. The average Bonchev–Trinajstić information content (AvgIpc) is 3.05. The van der Waals surface area contributed by atoms with E-state index in [0.717, 1.165) is 10.4 Å². The second-order valence-electron chi connectivity index (χ2n) is 5.16. The minimum absolute atomic E-state index is 0.0237. The number of nitrogens with one attached hydrogen (secondary N) is 1. The lowest BCUT2D eigenvalue weighted by Crippen LogP contribution is -2.30. The molecule has 4 nitrogen and oxygen atoms in total. The van der Waals surface area contributed by atoms with Crippen LogP contribution in [-0.4, -0.2) is 23.3 Å². The Hall–Kier alpha value is -2.40. The van der Waals surface area contributed by atoms with E-state index in [1.54, 1.807) is 34.4 Å². The molecule has 2 amide bonds. The molecule has 2 rings (SSSR count). The van der Waals surface area contributed by atoms with Crippen LogP contribution >= 0.6 is 11.3 Å². The first-order valence-electron chi connectivity index (χ1n) is 7.36. The average molecular weight is 328 g/mol. The molecule has 0 aliphatic rings. The van der Waals surface area contributed by atoms with Gasteiger partial charge in [-0.15, -0.1) is 17.9 Å². The summed E-state index contributed by atoms with van der Waals surface area (Å²) >= 11 is 1.63. The Morgan fingerprint density at radius 1 is 1.26 bits per heavy atom. The van der Waals surface area contributed by atoms with Gasteiger partial charge in [-0.05, 0) is 29.1 Å². The van der Waals surface area contributed by atoms with Gasteiger partial charge in [-0.3, -0.25) is 9.59 Å². The van der Waals surface area contributed by atoms with Crippen molar-refractivity contribution >= 4 is 23.2 Å². The molecule has 1 heterocycles. The van der Waals surface area contributed by atoms with Crippen LogP contribution < -0.4 is 5.32 Å². The highest BCUT2D eigenvalue weighted by atomic mass is 32.1. The summed E-state index contributed by atoms with van der Waals surface area (Å²) in [6.45, 7) is 6.76. The third-order valence-electron chi connectivity index (χ3n) is 3.31. The normalized spacial score (nSPS) is 10.1. The van der Waals surface area contributed by atoms with Crippen LogP contribution in [0.15, 0.2) is 54.4 Å². The van der Waals surface area contributed by atoms with Gasteiger partial charge in [0.05, 0.1) is 6.54 Å². The van der Waals surface area contributed by atoms with Crippen LogP contribution in [0.2, 0.25) is 0 Å². The summed E-state index contributed by atoms with van der Waals surface area (Å²) in [5.74, 6) is -0.0948. The highest BCUT2D eigenvalue weighted by Gasteiger charge is 2.15. The molecule has 2 aromatic rings. The van der Waals surface area contributed by atoms with E-state index in [-0.39, 0.29) is 11.8 Å². The molecular formula is C18H20N2O2S. The molecule has 0 radical (unpaired) electrons. The molecule has 0 aliphatic carbocycles. The van der Waals surface area contributed by atoms with E-state index in [9.17, 15) is 9.59 Å². The number of rotatable bonds is 7. The molecule has 0 fully saturated rings. The Morgan fingerprint density at radius 3 is 2.57 bits per heavy atom. The van der Waals surface area contributed by atoms with Gasteiger partial charge in [-0.25, -0.2) is 0 Å². The van der Waals surface area contributed by atoms with Gasteiger partial charge in [0.25, 0.3) is 5.91 Å². The van der Waals surface area contributed by atoms with Crippen LogP contribution in [0.5, 0.6) is 0 Å². The fourth-order valence-corrected chi connectivity index (χ4v) is 2.86. The number of carbonyl (C=O) groups excluding carboxylic acids is 2. The van der Waals surface area contributed by atoms with E-state index in [1.165, 1.54) is 6.92 Å². The Balaban J connectivity index is 2.06. The molecule has 0 unspecified atom stereocenters. The van der Waals surface area contributed by atoms with Crippen LogP contribution in [0.25, 0.3) is 0 Å². The predicted molar refractivity (Wildman–Crippen MR) is 93.2 cm³/mol. The maximum absolute atomic E-state index is 12.7. The van der Waals surface area contributed by atoms with Gasteiger partial charge in [-0.1, -0.05) is 24.3 Å². The first-order chi connectivity index (χ1) is 11.1. The Bertz CT molecular complexity index is 663. The van der Waals surface area contributed by atoms with E-state index < -0.39 is 0 Å². The van der Waals surface area contributed by atoms with Gasteiger partial charge in [-0.2, -0.15) is 0 Å². The van der Waals surface area contributed by atoms with Crippen molar-refractivity contribution in [1.82, 2.24) is 10.2 Å². The number of nitrogens with zero attached hydrogens (tertiary/aromatic N) is 1. The molecule has 0 spiro atoms. The standard InChI is InChI=1S/C18H20N2O2S/c1-3-10-20(13-17-5-4-11-23-17)18(22)16-8-6-15(7-9-16)12-19-14(2)21/h3-9,11H,1,10,12-13H2,2H3,(H,19,21). The molecule has 1 aromatic carbocycles. The summed E-state index contributed by atoms with van der Waals surface area (Å²) in [6.07, 6.45) is 1.73. The van der Waals surface area contributed by atoms with Crippen molar-refractivity contribution in [3.05, 3.63) is 70.4 Å².